The summed E-state index contributed by atoms with van der Waals surface area (Å²) < 4.78 is 17.0. The fourth-order valence-corrected chi connectivity index (χ4v) is 3.13. The Balaban J connectivity index is 1.58. The molecule has 0 bridgehead atoms. The van der Waals surface area contributed by atoms with Crippen molar-refractivity contribution in [2.24, 2.45) is 0 Å². The lowest BCUT2D eigenvalue weighted by atomic mass is 10.1. The molecule has 3 aromatic rings. The van der Waals surface area contributed by atoms with E-state index < -0.39 is 6.17 Å². The predicted octanol–water partition coefficient (Wildman–Crippen LogP) is 5.04. The summed E-state index contributed by atoms with van der Waals surface area (Å²) in [5, 5.41) is 7.96. The number of hydrogen-bond acceptors (Lipinski definition) is 3. The average molecular weight is 392 g/mol. The first-order chi connectivity index (χ1) is 11.2. The lowest BCUT2D eigenvalue weighted by molar-refractivity contribution is 0.334. The van der Waals surface area contributed by atoms with Gasteiger partial charge in [-0.25, -0.2) is 9.07 Å². The van der Waals surface area contributed by atoms with E-state index in [1.54, 1.807) is 22.6 Å². The molecule has 0 aliphatic heterocycles. The van der Waals surface area contributed by atoms with Gasteiger partial charge in [0.15, 0.2) is 0 Å². The molecule has 0 aliphatic carbocycles. The van der Waals surface area contributed by atoms with Crippen molar-refractivity contribution in [2.45, 2.75) is 23.4 Å². The second-order valence-corrected chi connectivity index (χ2v) is 7.00. The second kappa shape index (κ2) is 7.75. The fraction of sp³-hybridized carbons (Fsp3) is 0.176. The summed E-state index contributed by atoms with van der Waals surface area (Å²) in [6.07, 6.45) is 0.837. The molecule has 2 aromatic carbocycles. The Morgan fingerprint density at radius 2 is 1.83 bits per heavy atom. The highest BCUT2D eigenvalue weighted by molar-refractivity contribution is 9.10. The molecule has 23 heavy (non-hydrogen) atoms. The Morgan fingerprint density at radius 1 is 1.09 bits per heavy atom. The largest absolute Gasteiger partial charge is 0.242 e. The molecule has 3 nitrogen and oxygen atoms in total. The third kappa shape index (κ3) is 4.65. The minimum absolute atomic E-state index is 0.303. The Labute approximate surface area is 147 Å². The quantitative estimate of drug-likeness (QED) is 0.551. The highest BCUT2D eigenvalue weighted by atomic mass is 79.9. The minimum Gasteiger partial charge on any atom is -0.242 e. The third-order valence-corrected chi connectivity index (χ3v) is 4.84. The summed E-state index contributed by atoms with van der Waals surface area (Å²) >= 11 is 5.01. The van der Waals surface area contributed by atoms with Gasteiger partial charge in [-0.1, -0.05) is 51.5 Å². The maximum absolute atomic E-state index is 14.4. The van der Waals surface area contributed by atoms with E-state index in [9.17, 15) is 4.39 Å². The molecule has 0 saturated heterocycles. The van der Waals surface area contributed by atoms with Crippen molar-refractivity contribution in [3.8, 4) is 0 Å². The van der Waals surface area contributed by atoms with E-state index in [2.05, 4.69) is 26.2 Å². The van der Waals surface area contributed by atoms with E-state index in [1.807, 2.05) is 54.6 Å². The topological polar surface area (TPSA) is 30.7 Å². The smallest absolute Gasteiger partial charge is 0.149 e. The van der Waals surface area contributed by atoms with Gasteiger partial charge < -0.3 is 0 Å². The number of aromatic nitrogens is 3. The Morgan fingerprint density at radius 3 is 2.57 bits per heavy atom. The van der Waals surface area contributed by atoms with Gasteiger partial charge in [0.25, 0.3) is 0 Å². The Kier molecular flexibility index (Phi) is 5.46. The van der Waals surface area contributed by atoms with Crippen molar-refractivity contribution in [3.05, 3.63) is 76.5 Å². The zero-order valence-electron chi connectivity index (χ0n) is 12.3. The van der Waals surface area contributed by atoms with E-state index in [0.29, 0.717) is 18.0 Å². The molecule has 118 valence electrons. The van der Waals surface area contributed by atoms with Crippen molar-refractivity contribution < 1.29 is 4.39 Å². The Hall–Kier alpha value is -1.66. The number of alkyl halides is 1. The van der Waals surface area contributed by atoms with Crippen molar-refractivity contribution in [1.82, 2.24) is 15.0 Å². The molecular weight excluding hydrogens is 377 g/mol. The van der Waals surface area contributed by atoms with Crippen molar-refractivity contribution >= 4 is 27.7 Å². The molecule has 0 saturated carbocycles. The zero-order valence-corrected chi connectivity index (χ0v) is 14.7. The van der Waals surface area contributed by atoms with Crippen LogP contribution in [0.3, 0.4) is 0 Å². The van der Waals surface area contributed by atoms with Crippen LogP contribution in [-0.2, 0) is 12.3 Å². The molecule has 0 unspecified atom stereocenters. The molecule has 3 rings (SSSR count). The number of thioether (sulfide) groups is 1. The van der Waals surface area contributed by atoms with Crippen LogP contribution in [0.5, 0.6) is 0 Å². The molecule has 6 heteroatoms. The average Bonchev–Trinajstić information content (AvgIpc) is 3.05. The molecule has 0 radical (unpaired) electrons. The van der Waals surface area contributed by atoms with Gasteiger partial charge in [0, 0.05) is 15.8 Å². The molecule has 0 fully saturated rings. The SMILES string of the molecule is F[C@@H](Cc1ccc(Br)cc1)c1cn(CSc2ccccc2)nn1. The molecule has 1 heterocycles. The Bertz CT molecular complexity index is 746. The highest BCUT2D eigenvalue weighted by Crippen LogP contribution is 2.23. The summed E-state index contributed by atoms with van der Waals surface area (Å²) in [6.45, 7) is 0. The van der Waals surface area contributed by atoms with Crippen LogP contribution < -0.4 is 0 Å². The maximum Gasteiger partial charge on any atom is 0.149 e. The standard InChI is InChI=1S/C17H15BrFN3S/c18-14-8-6-13(7-9-14)10-16(19)17-11-22(21-20-17)12-23-15-4-2-1-3-5-15/h1-9,11,16H,10,12H2/t16-/m0/s1. The lowest BCUT2D eigenvalue weighted by Crippen LogP contribution is -1.97. The molecule has 0 aliphatic rings. The first-order valence-electron chi connectivity index (χ1n) is 7.17. The van der Waals surface area contributed by atoms with Crippen LogP contribution in [-0.4, -0.2) is 15.0 Å². The van der Waals surface area contributed by atoms with Crippen molar-refractivity contribution in [2.75, 3.05) is 0 Å². The van der Waals surface area contributed by atoms with Crippen molar-refractivity contribution in [3.63, 3.8) is 0 Å². The summed E-state index contributed by atoms with van der Waals surface area (Å²) in [5.41, 5.74) is 1.32. The molecule has 0 amide bonds. The molecule has 1 aromatic heterocycles. The van der Waals surface area contributed by atoms with Gasteiger partial charge in [0.05, 0.1) is 12.1 Å². The third-order valence-electron chi connectivity index (χ3n) is 3.31. The van der Waals surface area contributed by atoms with Gasteiger partial charge in [-0.15, -0.1) is 16.9 Å². The van der Waals surface area contributed by atoms with Crippen LogP contribution in [0.15, 0.2) is 70.2 Å². The van der Waals surface area contributed by atoms with Gasteiger partial charge in [-0.3, -0.25) is 0 Å². The minimum atomic E-state index is -1.15. The number of hydrogen-bond donors (Lipinski definition) is 0. The predicted molar refractivity (Wildman–Crippen MR) is 94.0 cm³/mol. The van der Waals surface area contributed by atoms with Gasteiger partial charge in [0.2, 0.25) is 0 Å². The lowest BCUT2D eigenvalue weighted by Gasteiger charge is -2.05. The van der Waals surface area contributed by atoms with Crippen molar-refractivity contribution in [1.29, 1.82) is 0 Å². The van der Waals surface area contributed by atoms with Crippen LogP contribution in [0.4, 0.5) is 4.39 Å². The second-order valence-electron chi connectivity index (χ2n) is 5.07. The van der Waals surface area contributed by atoms with Crippen LogP contribution in [0.25, 0.3) is 0 Å². The molecule has 0 N–H and O–H groups in total. The number of nitrogens with zero attached hydrogens (tertiary/aromatic N) is 3. The summed E-state index contributed by atoms with van der Waals surface area (Å²) in [4.78, 5) is 1.15. The number of halogens is 2. The van der Waals surface area contributed by atoms with Gasteiger partial charge in [-0.05, 0) is 29.8 Å². The molecular formula is C17H15BrFN3S. The summed E-state index contributed by atoms with van der Waals surface area (Å²) in [7, 11) is 0. The maximum atomic E-state index is 14.4. The van der Waals surface area contributed by atoms with Crippen LogP contribution >= 0.6 is 27.7 Å². The highest BCUT2D eigenvalue weighted by Gasteiger charge is 2.15. The van der Waals surface area contributed by atoms with Crippen LogP contribution in [0, 0.1) is 0 Å². The summed E-state index contributed by atoms with van der Waals surface area (Å²) in [5.74, 6) is 0.613. The monoisotopic (exact) mass is 391 g/mol. The van der Waals surface area contributed by atoms with Crippen LogP contribution in [0.2, 0.25) is 0 Å². The molecule has 0 spiro atoms. The van der Waals surface area contributed by atoms with E-state index in [4.69, 9.17) is 0 Å². The zero-order chi connectivity index (χ0) is 16.1. The fourth-order valence-electron chi connectivity index (χ4n) is 2.11. The van der Waals surface area contributed by atoms with E-state index in [0.717, 1.165) is 14.9 Å². The number of benzene rings is 2. The first-order valence-corrected chi connectivity index (χ1v) is 8.95. The van der Waals surface area contributed by atoms with Crippen LogP contribution in [0.1, 0.15) is 17.4 Å². The number of rotatable bonds is 6. The summed E-state index contributed by atoms with van der Waals surface area (Å²) in [6, 6.07) is 17.7. The van der Waals surface area contributed by atoms with E-state index >= 15 is 0 Å². The first kappa shape index (κ1) is 16.2. The van der Waals surface area contributed by atoms with Gasteiger partial charge >= 0.3 is 0 Å². The van der Waals surface area contributed by atoms with E-state index in [-0.39, 0.29) is 0 Å². The van der Waals surface area contributed by atoms with E-state index in [1.165, 1.54) is 0 Å². The van der Waals surface area contributed by atoms with Gasteiger partial charge in [0.1, 0.15) is 11.9 Å². The van der Waals surface area contributed by atoms with Gasteiger partial charge in [-0.2, -0.15) is 0 Å². The molecule has 1 atom stereocenters. The normalized spacial score (nSPS) is 12.3.